The van der Waals surface area contributed by atoms with E-state index in [0.29, 0.717) is 32.4 Å². The summed E-state index contributed by atoms with van der Waals surface area (Å²) in [4.78, 5) is 3.89. The molecule has 0 N–H and O–H groups in total. The lowest BCUT2D eigenvalue weighted by molar-refractivity contribution is -0.0675. The number of rotatable bonds is 5. The SMILES string of the molecule is CCCS(=O)(=O)N1CCO[C@H]2[C@@H](Oc3ncccc3F)CC[C@@H]21. The highest BCUT2D eigenvalue weighted by Crippen LogP contribution is 2.34. The Kier molecular flexibility index (Phi) is 4.84. The van der Waals surface area contributed by atoms with Gasteiger partial charge < -0.3 is 9.47 Å². The van der Waals surface area contributed by atoms with Crippen molar-refractivity contribution in [3.63, 3.8) is 0 Å². The van der Waals surface area contributed by atoms with Gasteiger partial charge in [0, 0.05) is 12.7 Å². The first-order chi connectivity index (χ1) is 11.0. The van der Waals surface area contributed by atoms with Crippen LogP contribution in [0.15, 0.2) is 18.3 Å². The van der Waals surface area contributed by atoms with Crippen LogP contribution < -0.4 is 4.74 Å². The smallest absolute Gasteiger partial charge is 0.250 e. The maximum atomic E-state index is 13.7. The van der Waals surface area contributed by atoms with Crippen molar-refractivity contribution in [2.75, 3.05) is 18.9 Å². The van der Waals surface area contributed by atoms with Gasteiger partial charge >= 0.3 is 0 Å². The number of sulfonamides is 1. The average molecular weight is 344 g/mol. The molecule has 1 saturated carbocycles. The highest BCUT2D eigenvalue weighted by molar-refractivity contribution is 7.89. The number of aromatic nitrogens is 1. The molecule has 6 nitrogen and oxygen atoms in total. The minimum Gasteiger partial charge on any atom is -0.469 e. The number of hydrogen-bond donors (Lipinski definition) is 0. The van der Waals surface area contributed by atoms with Crippen molar-refractivity contribution in [1.82, 2.24) is 9.29 Å². The van der Waals surface area contributed by atoms with Crippen molar-refractivity contribution in [3.05, 3.63) is 24.1 Å². The van der Waals surface area contributed by atoms with Crippen molar-refractivity contribution < 1.29 is 22.3 Å². The minimum absolute atomic E-state index is 0.0599. The minimum atomic E-state index is -3.28. The summed E-state index contributed by atoms with van der Waals surface area (Å²) in [5.41, 5.74) is 0. The predicted molar refractivity (Wildman–Crippen MR) is 82.2 cm³/mol. The second-order valence-corrected chi connectivity index (χ2v) is 7.89. The topological polar surface area (TPSA) is 68.7 Å². The summed E-state index contributed by atoms with van der Waals surface area (Å²) in [7, 11) is -3.28. The second-order valence-electron chi connectivity index (χ2n) is 5.85. The van der Waals surface area contributed by atoms with Crippen molar-refractivity contribution in [2.24, 2.45) is 0 Å². The molecule has 0 amide bonds. The Bertz CT molecular complexity index is 655. The van der Waals surface area contributed by atoms with Crippen LogP contribution in [0, 0.1) is 5.82 Å². The fraction of sp³-hybridized carbons (Fsp3) is 0.667. The predicted octanol–water partition coefficient (Wildman–Crippen LogP) is 1.57. The lowest BCUT2D eigenvalue weighted by Crippen LogP contribution is -2.54. The molecule has 0 aromatic carbocycles. The van der Waals surface area contributed by atoms with E-state index in [1.807, 2.05) is 6.92 Å². The summed E-state index contributed by atoms with van der Waals surface area (Å²) in [6.07, 6.45) is 2.54. The monoisotopic (exact) mass is 344 g/mol. The Morgan fingerprint density at radius 3 is 3.04 bits per heavy atom. The van der Waals surface area contributed by atoms with Crippen LogP contribution in [0.3, 0.4) is 0 Å². The van der Waals surface area contributed by atoms with Crippen molar-refractivity contribution >= 4 is 10.0 Å². The summed E-state index contributed by atoms with van der Waals surface area (Å²) in [5, 5.41) is 0. The maximum Gasteiger partial charge on any atom is 0.250 e. The molecule has 2 aliphatic rings. The quantitative estimate of drug-likeness (QED) is 0.811. The summed E-state index contributed by atoms with van der Waals surface area (Å²) < 4.78 is 51.5. The fourth-order valence-electron chi connectivity index (χ4n) is 3.33. The van der Waals surface area contributed by atoms with E-state index < -0.39 is 15.8 Å². The zero-order chi connectivity index (χ0) is 16.4. The molecule has 0 spiro atoms. The Morgan fingerprint density at radius 2 is 2.30 bits per heavy atom. The van der Waals surface area contributed by atoms with Gasteiger partial charge in [-0.3, -0.25) is 0 Å². The van der Waals surface area contributed by atoms with Gasteiger partial charge in [-0.25, -0.2) is 17.8 Å². The molecule has 3 atom stereocenters. The Hall–Kier alpha value is -1.25. The molecular formula is C15H21FN2O4S. The van der Waals surface area contributed by atoms with Crippen molar-refractivity contribution in [2.45, 2.75) is 44.4 Å². The Labute approximate surface area is 135 Å². The molecule has 2 fully saturated rings. The van der Waals surface area contributed by atoms with Gasteiger partial charge in [0.15, 0.2) is 5.82 Å². The molecule has 2 heterocycles. The van der Waals surface area contributed by atoms with Gasteiger partial charge in [-0.1, -0.05) is 6.92 Å². The lowest BCUT2D eigenvalue weighted by Gasteiger charge is -2.37. The van der Waals surface area contributed by atoms with E-state index in [4.69, 9.17) is 9.47 Å². The Morgan fingerprint density at radius 1 is 1.48 bits per heavy atom. The molecule has 128 valence electrons. The van der Waals surface area contributed by atoms with Gasteiger partial charge in [0.1, 0.15) is 12.2 Å². The van der Waals surface area contributed by atoms with Gasteiger partial charge in [0.25, 0.3) is 5.88 Å². The fourth-order valence-corrected chi connectivity index (χ4v) is 5.07. The third-order valence-electron chi connectivity index (χ3n) is 4.29. The molecule has 3 rings (SSSR count). The number of halogens is 1. The highest BCUT2D eigenvalue weighted by atomic mass is 32.2. The van der Waals surface area contributed by atoms with Crippen LogP contribution in [0.25, 0.3) is 0 Å². The van der Waals surface area contributed by atoms with E-state index >= 15 is 0 Å². The first-order valence-electron chi connectivity index (χ1n) is 7.91. The van der Waals surface area contributed by atoms with E-state index in [1.54, 1.807) is 4.31 Å². The van der Waals surface area contributed by atoms with Crippen LogP contribution in [-0.2, 0) is 14.8 Å². The second kappa shape index (κ2) is 6.70. The largest absolute Gasteiger partial charge is 0.469 e. The van der Waals surface area contributed by atoms with Crippen LogP contribution in [0.5, 0.6) is 5.88 Å². The van der Waals surface area contributed by atoms with Crippen LogP contribution in [-0.4, -0.2) is 54.9 Å². The number of hydrogen-bond acceptors (Lipinski definition) is 5. The first-order valence-corrected chi connectivity index (χ1v) is 9.52. The zero-order valence-corrected chi connectivity index (χ0v) is 13.8. The van der Waals surface area contributed by atoms with E-state index in [1.165, 1.54) is 18.3 Å². The third kappa shape index (κ3) is 3.34. The molecule has 1 aliphatic carbocycles. The van der Waals surface area contributed by atoms with Crippen molar-refractivity contribution in [1.29, 1.82) is 0 Å². The van der Waals surface area contributed by atoms with Crippen LogP contribution in [0.2, 0.25) is 0 Å². The van der Waals surface area contributed by atoms with Crippen LogP contribution in [0.1, 0.15) is 26.2 Å². The molecule has 1 aromatic rings. The van der Waals surface area contributed by atoms with Gasteiger partial charge in [0.2, 0.25) is 10.0 Å². The standard InChI is InChI=1S/C15H21FN2O4S/c1-2-10-23(19,20)18-8-9-21-14-12(18)5-6-13(14)22-15-11(16)4-3-7-17-15/h3-4,7,12-14H,2,5-6,8-10H2,1H3/t12-,13-,14+/m0/s1. The van der Waals surface area contributed by atoms with Gasteiger partial charge in [-0.2, -0.15) is 4.31 Å². The number of fused-ring (bicyclic) bond motifs is 1. The summed E-state index contributed by atoms with van der Waals surface area (Å²) in [6.45, 7) is 2.54. The highest BCUT2D eigenvalue weighted by Gasteiger charge is 2.47. The third-order valence-corrected chi connectivity index (χ3v) is 6.38. The molecule has 0 unspecified atom stereocenters. The number of pyridine rings is 1. The first kappa shape index (κ1) is 16.6. The van der Waals surface area contributed by atoms with Crippen LogP contribution >= 0.6 is 0 Å². The van der Waals surface area contributed by atoms with Gasteiger partial charge in [-0.15, -0.1) is 0 Å². The maximum absolute atomic E-state index is 13.7. The van der Waals surface area contributed by atoms with Gasteiger partial charge in [-0.05, 0) is 31.4 Å². The summed E-state index contributed by atoms with van der Waals surface area (Å²) in [5.74, 6) is -0.450. The van der Waals surface area contributed by atoms with E-state index in [2.05, 4.69) is 4.98 Å². The van der Waals surface area contributed by atoms with Crippen LogP contribution in [0.4, 0.5) is 4.39 Å². The van der Waals surface area contributed by atoms with E-state index in [-0.39, 0.29) is 29.9 Å². The molecule has 23 heavy (non-hydrogen) atoms. The van der Waals surface area contributed by atoms with E-state index in [0.717, 1.165) is 0 Å². The molecule has 0 bridgehead atoms. The average Bonchev–Trinajstić information content (AvgIpc) is 2.92. The molecular weight excluding hydrogens is 323 g/mol. The number of nitrogens with zero attached hydrogens (tertiary/aromatic N) is 2. The molecule has 0 radical (unpaired) electrons. The molecule has 1 saturated heterocycles. The summed E-state index contributed by atoms with van der Waals surface area (Å²) in [6, 6.07) is 2.54. The zero-order valence-electron chi connectivity index (χ0n) is 13.0. The van der Waals surface area contributed by atoms with Crippen molar-refractivity contribution in [3.8, 4) is 5.88 Å². The normalized spacial score (nSPS) is 28.5. The molecule has 1 aliphatic heterocycles. The number of morpholine rings is 1. The van der Waals surface area contributed by atoms with E-state index in [9.17, 15) is 12.8 Å². The summed E-state index contributed by atoms with van der Waals surface area (Å²) >= 11 is 0. The molecule has 8 heteroatoms. The Balaban J connectivity index is 1.75. The lowest BCUT2D eigenvalue weighted by atomic mass is 10.1. The van der Waals surface area contributed by atoms with Gasteiger partial charge in [0.05, 0.1) is 18.4 Å². The molecule has 1 aromatic heterocycles. The number of ether oxygens (including phenoxy) is 2.